The van der Waals surface area contributed by atoms with Crippen LogP contribution in [0.25, 0.3) is 11.2 Å². The summed E-state index contributed by atoms with van der Waals surface area (Å²) in [6.45, 7) is 0. The van der Waals surface area contributed by atoms with Gasteiger partial charge in [0.25, 0.3) is 0 Å². The minimum Gasteiger partial charge on any atom is -0.391 e. The van der Waals surface area contributed by atoms with Crippen LogP contribution in [0, 0.1) is 5.92 Å². The van der Waals surface area contributed by atoms with Crippen molar-refractivity contribution >= 4 is 69.5 Å². The number of hydrogen-bond acceptors (Lipinski definition) is 7. The lowest BCUT2D eigenvalue weighted by Gasteiger charge is -2.29. The molecule has 12 heteroatoms. The SMILES string of the molecule is NC(=O)[C@H]1CC[C@H](n2c(Nc3c(Cl)cc(Cl)cc3Cl)nc3cnc(N[C@@H]4CCCC[C@@H]4O)nc32)CC1. The number of aromatic nitrogens is 4. The van der Waals surface area contributed by atoms with Gasteiger partial charge in [-0.25, -0.2) is 9.97 Å². The van der Waals surface area contributed by atoms with Gasteiger partial charge in [0, 0.05) is 17.0 Å². The molecule has 2 atom stereocenters. The third kappa shape index (κ3) is 5.20. The molecule has 2 fully saturated rings. The number of carbonyl (C=O) groups is 1. The minimum absolute atomic E-state index is 0.0287. The fourth-order valence-electron chi connectivity index (χ4n) is 5.23. The number of aliphatic hydroxyl groups is 1. The molecule has 1 amide bonds. The van der Waals surface area contributed by atoms with Gasteiger partial charge in [-0.3, -0.25) is 9.36 Å². The summed E-state index contributed by atoms with van der Waals surface area (Å²) in [5.41, 5.74) is 7.29. The second-order valence-corrected chi connectivity index (χ2v) is 10.8. The number of nitrogens with one attached hydrogen (secondary N) is 2. The number of amides is 1. The Morgan fingerprint density at radius 1 is 1.03 bits per heavy atom. The summed E-state index contributed by atoms with van der Waals surface area (Å²) in [5.74, 6) is 0.562. The molecule has 2 heterocycles. The molecular formula is C24H28Cl3N7O2. The highest BCUT2D eigenvalue weighted by atomic mass is 35.5. The average Bonchev–Trinajstić information content (AvgIpc) is 3.20. The van der Waals surface area contributed by atoms with Crippen LogP contribution in [0.5, 0.6) is 0 Å². The quantitative estimate of drug-likeness (QED) is 0.319. The maximum Gasteiger partial charge on any atom is 0.225 e. The number of hydrogen-bond donors (Lipinski definition) is 4. The van der Waals surface area contributed by atoms with Crippen molar-refractivity contribution in [2.75, 3.05) is 10.6 Å². The molecule has 5 rings (SSSR count). The first-order chi connectivity index (χ1) is 17.3. The number of fused-ring (bicyclic) bond motifs is 1. The maximum absolute atomic E-state index is 11.7. The largest absolute Gasteiger partial charge is 0.391 e. The van der Waals surface area contributed by atoms with Crippen LogP contribution in [0.4, 0.5) is 17.6 Å². The summed E-state index contributed by atoms with van der Waals surface area (Å²) in [5, 5.41) is 18.1. The van der Waals surface area contributed by atoms with E-state index in [-0.39, 0.29) is 23.9 Å². The summed E-state index contributed by atoms with van der Waals surface area (Å²) in [6.07, 6.45) is 7.78. The molecule has 2 saturated carbocycles. The van der Waals surface area contributed by atoms with Gasteiger partial charge in [-0.15, -0.1) is 0 Å². The van der Waals surface area contributed by atoms with Crippen LogP contribution in [-0.2, 0) is 4.79 Å². The van der Waals surface area contributed by atoms with Crippen molar-refractivity contribution in [2.45, 2.75) is 69.6 Å². The van der Waals surface area contributed by atoms with Crippen molar-refractivity contribution in [1.82, 2.24) is 19.5 Å². The number of rotatable bonds is 6. The summed E-state index contributed by atoms with van der Waals surface area (Å²) >= 11 is 19.0. The Morgan fingerprint density at radius 3 is 2.39 bits per heavy atom. The van der Waals surface area contributed by atoms with E-state index in [1.165, 1.54) is 0 Å². The Labute approximate surface area is 223 Å². The van der Waals surface area contributed by atoms with Crippen molar-refractivity contribution in [3.8, 4) is 0 Å². The third-order valence-corrected chi connectivity index (χ3v) is 8.00. The van der Waals surface area contributed by atoms with Gasteiger partial charge in [-0.05, 0) is 50.7 Å². The first-order valence-corrected chi connectivity index (χ1v) is 13.3. The van der Waals surface area contributed by atoms with Crippen LogP contribution < -0.4 is 16.4 Å². The van der Waals surface area contributed by atoms with Gasteiger partial charge < -0.3 is 21.5 Å². The summed E-state index contributed by atoms with van der Waals surface area (Å²) in [6, 6.07) is 3.16. The van der Waals surface area contributed by atoms with Crippen LogP contribution >= 0.6 is 34.8 Å². The van der Waals surface area contributed by atoms with Crippen LogP contribution in [0.1, 0.15) is 57.4 Å². The maximum atomic E-state index is 11.7. The Bertz CT molecular complexity index is 1250. The van der Waals surface area contributed by atoms with Crippen molar-refractivity contribution in [3.63, 3.8) is 0 Å². The van der Waals surface area contributed by atoms with Crippen LogP contribution in [-0.4, -0.2) is 42.7 Å². The van der Waals surface area contributed by atoms with Gasteiger partial charge in [0.05, 0.1) is 34.1 Å². The zero-order valence-electron chi connectivity index (χ0n) is 19.6. The van der Waals surface area contributed by atoms with Crippen molar-refractivity contribution < 1.29 is 9.90 Å². The Balaban J connectivity index is 1.53. The van der Waals surface area contributed by atoms with E-state index in [0.717, 1.165) is 38.5 Å². The van der Waals surface area contributed by atoms with E-state index in [4.69, 9.17) is 50.5 Å². The zero-order chi connectivity index (χ0) is 25.4. The van der Waals surface area contributed by atoms with E-state index in [0.29, 0.717) is 56.7 Å². The number of carbonyl (C=O) groups excluding carboxylic acids is 1. The molecule has 192 valence electrons. The van der Waals surface area contributed by atoms with E-state index >= 15 is 0 Å². The third-order valence-electron chi connectivity index (χ3n) is 7.18. The van der Waals surface area contributed by atoms with Gasteiger partial charge in [-0.2, -0.15) is 4.98 Å². The van der Waals surface area contributed by atoms with E-state index in [1.54, 1.807) is 18.3 Å². The monoisotopic (exact) mass is 551 g/mol. The average molecular weight is 553 g/mol. The summed E-state index contributed by atoms with van der Waals surface area (Å²) < 4.78 is 2.03. The Kier molecular flexibility index (Phi) is 7.44. The van der Waals surface area contributed by atoms with E-state index in [2.05, 4.69) is 15.6 Å². The summed E-state index contributed by atoms with van der Waals surface area (Å²) in [4.78, 5) is 25.7. The van der Waals surface area contributed by atoms with E-state index < -0.39 is 6.10 Å². The molecule has 2 aromatic heterocycles. The number of primary amides is 1. The van der Waals surface area contributed by atoms with Gasteiger partial charge >= 0.3 is 0 Å². The standard InChI is InChI=1S/C24H28Cl3N7O2/c25-13-9-15(26)20(16(27)10-13)32-24-31-18-11-29-23(30-17-3-1-2-4-19(17)35)33-22(18)34(24)14-7-5-12(6-8-14)21(28)36/h9-12,14,17,19,35H,1-8H2,(H2,28,36)(H,31,32)(H,29,30,33)/t12-,14-,17-,19+/m1/s1. The first kappa shape index (κ1) is 25.3. The number of imidazole rings is 1. The molecule has 3 aromatic rings. The van der Waals surface area contributed by atoms with E-state index in [1.807, 2.05) is 4.57 Å². The van der Waals surface area contributed by atoms with E-state index in [9.17, 15) is 9.90 Å². The lowest BCUT2D eigenvalue weighted by molar-refractivity contribution is -0.122. The molecule has 2 aliphatic rings. The van der Waals surface area contributed by atoms with Crippen LogP contribution in [0.15, 0.2) is 18.3 Å². The fourth-order valence-corrected chi connectivity index (χ4v) is 6.14. The number of nitrogens with two attached hydrogens (primary N) is 1. The molecule has 0 unspecified atom stereocenters. The molecule has 9 nitrogen and oxygen atoms in total. The molecule has 0 radical (unpaired) electrons. The van der Waals surface area contributed by atoms with Crippen molar-refractivity contribution in [2.24, 2.45) is 11.7 Å². The topological polar surface area (TPSA) is 131 Å². The lowest BCUT2D eigenvalue weighted by Crippen LogP contribution is -2.36. The molecule has 36 heavy (non-hydrogen) atoms. The molecule has 0 bridgehead atoms. The number of benzene rings is 1. The predicted molar refractivity (Wildman–Crippen MR) is 142 cm³/mol. The second-order valence-electron chi connectivity index (χ2n) is 9.59. The molecule has 0 saturated heterocycles. The number of halogens is 3. The zero-order valence-corrected chi connectivity index (χ0v) is 21.8. The van der Waals surface area contributed by atoms with Gasteiger partial charge in [0.15, 0.2) is 5.65 Å². The highest BCUT2D eigenvalue weighted by molar-refractivity contribution is 6.41. The second kappa shape index (κ2) is 10.6. The number of nitrogens with zero attached hydrogens (tertiary/aromatic N) is 4. The molecule has 2 aliphatic carbocycles. The van der Waals surface area contributed by atoms with Crippen molar-refractivity contribution in [3.05, 3.63) is 33.4 Å². The van der Waals surface area contributed by atoms with Crippen molar-refractivity contribution in [1.29, 1.82) is 0 Å². The molecular weight excluding hydrogens is 525 g/mol. The highest BCUT2D eigenvalue weighted by Crippen LogP contribution is 2.40. The fraction of sp³-hybridized carbons (Fsp3) is 0.500. The van der Waals surface area contributed by atoms with Gasteiger partial charge in [0.1, 0.15) is 5.52 Å². The molecule has 0 aliphatic heterocycles. The number of anilines is 3. The smallest absolute Gasteiger partial charge is 0.225 e. The van der Waals surface area contributed by atoms with Gasteiger partial charge in [0.2, 0.25) is 17.8 Å². The molecule has 0 spiro atoms. The Hall–Kier alpha value is -2.33. The highest BCUT2D eigenvalue weighted by Gasteiger charge is 2.30. The Morgan fingerprint density at radius 2 is 1.72 bits per heavy atom. The molecule has 5 N–H and O–H groups in total. The lowest BCUT2D eigenvalue weighted by atomic mass is 9.85. The predicted octanol–water partition coefficient (Wildman–Crippen LogP) is 5.46. The van der Waals surface area contributed by atoms with Crippen LogP contribution in [0.2, 0.25) is 15.1 Å². The van der Waals surface area contributed by atoms with Crippen LogP contribution in [0.3, 0.4) is 0 Å². The summed E-state index contributed by atoms with van der Waals surface area (Å²) in [7, 11) is 0. The first-order valence-electron chi connectivity index (χ1n) is 12.2. The minimum atomic E-state index is -0.432. The van der Waals surface area contributed by atoms with Gasteiger partial charge in [-0.1, -0.05) is 47.6 Å². The normalized spacial score (nSPS) is 24.6. The molecule has 1 aromatic carbocycles. The number of aliphatic hydroxyl groups excluding tert-OH is 1.